The van der Waals surface area contributed by atoms with Crippen molar-refractivity contribution in [2.24, 2.45) is 0 Å². The van der Waals surface area contributed by atoms with Crippen LogP contribution in [0.25, 0.3) is 16.9 Å². The normalized spacial score (nSPS) is 10.6. The molecule has 0 fully saturated rings. The molecule has 0 saturated heterocycles. The SMILES string of the molecule is COc1ccc(-n2nc(-c3ccc(Cl)cc3)cc2NC(=O)c2cccc(F)c2)cc1. The lowest BCUT2D eigenvalue weighted by atomic mass is 10.1. The molecule has 0 aliphatic carbocycles. The lowest BCUT2D eigenvalue weighted by Gasteiger charge is -2.09. The average molecular weight is 422 g/mol. The van der Waals surface area contributed by atoms with E-state index in [2.05, 4.69) is 10.4 Å². The summed E-state index contributed by atoms with van der Waals surface area (Å²) in [6, 6.07) is 21.8. The molecule has 1 N–H and O–H groups in total. The molecule has 5 nitrogen and oxygen atoms in total. The number of methoxy groups -OCH3 is 1. The van der Waals surface area contributed by atoms with E-state index in [1.54, 1.807) is 48.2 Å². The van der Waals surface area contributed by atoms with E-state index >= 15 is 0 Å². The van der Waals surface area contributed by atoms with Crippen molar-refractivity contribution < 1.29 is 13.9 Å². The van der Waals surface area contributed by atoms with Crippen molar-refractivity contribution in [2.75, 3.05) is 12.4 Å². The molecule has 0 radical (unpaired) electrons. The molecular weight excluding hydrogens is 405 g/mol. The highest BCUT2D eigenvalue weighted by molar-refractivity contribution is 6.30. The third kappa shape index (κ3) is 4.18. The topological polar surface area (TPSA) is 56.1 Å². The Morgan fingerprint density at radius 3 is 2.43 bits per heavy atom. The zero-order valence-corrected chi connectivity index (χ0v) is 16.7. The lowest BCUT2D eigenvalue weighted by Crippen LogP contribution is -2.15. The van der Waals surface area contributed by atoms with Crippen LogP contribution in [0.5, 0.6) is 5.75 Å². The maximum atomic E-state index is 13.5. The summed E-state index contributed by atoms with van der Waals surface area (Å²) >= 11 is 5.98. The minimum Gasteiger partial charge on any atom is -0.497 e. The molecule has 7 heteroatoms. The Balaban J connectivity index is 1.74. The first-order valence-corrected chi connectivity index (χ1v) is 9.48. The summed E-state index contributed by atoms with van der Waals surface area (Å²) in [5, 5.41) is 8.08. The van der Waals surface area contributed by atoms with E-state index in [9.17, 15) is 9.18 Å². The maximum Gasteiger partial charge on any atom is 0.256 e. The third-order valence-corrected chi connectivity index (χ3v) is 4.75. The van der Waals surface area contributed by atoms with Crippen molar-refractivity contribution in [2.45, 2.75) is 0 Å². The second-order valence-corrected chi connectivity index (χ2v) is 6.93. The van der Waals surface area contributed by atoms with Crippen molar-refractivity contribution in [1.82, 2.24) is 9.78 Å². The van der Waals surface area contributed by atoms with E-state index in [-0.39, 0.29) is 5.56 Å². The van der Waals surface area contributed by atoms with E-state index in [0.717, 1.165) is 11.3 Å². The summed E-state index contributed by atoms with van der Waals surface area (Å²) in [6.07, 6.45) is 0. The first kappa shape index (κ1) is 19.7. The van der Waals surface area contributed by atoms with Crippen LogP contribution in [0, 0.1) is 5.82 Å². The first-order valence-electron chi connectivity index (χ1n) is 9.11. The molecule has 0 aliphatic heterocycles. The average Bonchev–Trinajstić information content (AvgIpc) is 3.18. The van der Waals surface area contributed by atoms with Gasteiger partial charge < -0.3 is 10.1 Å². The summed E-state index contributed by atoms with van der Waals surface area (Å²) in [4.78, 5) is 12.7. The molecule has 0 bridgehead atoms. The zero-order valence-electron chi connectivity index (χ0n) is 16.0. The van der Waals surface area contributed by atoms with Crippen molar-refractivity contribution >= 4 is 23.3 Å². The van der Waals surface area contributed by atoms with E-state index < -0.39 is 11.7 Å². The Labute approximate surface area is 177 Å². The molecule has 4 rings (SSSR count). The second kappa shape index (κ2) is 8.39. The third-order valence-electron chi connectivity index (χ3n) is 4.49. The van der Waals surface area contributed by atoms with Crippen LogP contribution in [0.1, 0.15) is 10.4 Å². The highest BCUT2D eigenvalue weighted by atomic mass is 35.5. The number of aromatic nitrogens is 2. The second-order valence-electron chi connectivity index (χ2n) is 6.50. The molecule has 1 amide bonds. The molecule has 4 aromatic rings. The van der Waals surface area contributed by atoms with Crippen molar-refractivity contribution in [3.05, 3.63) is 95.3 Å². The Morgan fingerprint density at radius 2 is 1.77 bits per heavy atom. The van der Waals surface area contributed by atoms with Gasteiger partial charge in [0.15, 0.2) is 0 Å². The fourth-order valence-corrected chi connectivity index (χ4v) is 3.10. The summed E-state index contributed by atoms with van der Waals surface area (Å²) in [7, 11) is 1.59. The number of nitrogens with one attached hydrogen (secondary N) is 1. The van der Waals surface area contributed by atoms with E-state index in [0.29, 0.717) is 22.3 Å². The Bertz CT molecular complexity index is 1190. The Kier molecular flexibility index (Phi) is 5.50. The molecule has 0 saturated carbocycles. The van der Waals surface area contributed by atoms with Crippen molar-refractivity contribution in [1.29, 1.82) is 0 Å². The van der Waals surface area contributed by atoms with Gasteiger partial charge in [-0.2, -0.15) is 5.10 Å². The molecule has 3 aromatic carbocycles. The molecule has 0 aliphatic rings. The summed E-state index contributed by atoms with van der Waals surface area (Å²) < 4.78 is 20.3. The number of halogens is 2. The number of anilines is 1. The van der Waals surface area contributed by atoms with Gasteiger partial charge >= 0.3 is 0 Å². The fourth-order valence-electron chi connectivity index (χ4n) is 2.97. The van der Waals surface area contributed by atoms with E-state index in [1.807, 2.05) is 24.3 Å². The van der Waals surface area contributed by atoms with Crippen molar-refractivity contribution in [3.8, 4) is 22.7 Å². The smallest absolute Gasteiger partial charge is 0.256 e. The largest absolute Gasteiger partial charge is 0.497 e. The van der Waals surface area contributed by atoms with Crippen LogP contribution >= 0.6 is 11.6 Å². The number of rotatable bonds is 5. The molecule has 1 aromatic heterocycles. The monoisotopic (exact) mass is 421 g/mol. The molecule has 0 spiro atoms. The predicted octanol–water partition coefficient (Wildman–Crippen LogP) is 5.59. The van der Waals surface area contributed by atoms with Gasteiger partial charge in [0.25, 0.3) is 5.91 Å². The van der Waals surface area contributed by atoms with Crippen LogP contribution in [0.4, 0.5) is 10.2 Å². The first-order chi connectivity index (χ1) is 14.5. The van der Waals surface area contributed by atoms with Gasteiger partial charge in [0.1, 0.15) is 17.4 Å². The highest BCUT2D eigenvalue weighted by Crippen LogP contribution is 2.27. The molecular formula is C23H17ClFN3O2. The van der Waals surface area contributed by atoms with Crippen molar-refractivity contribution in [3.63, 3.8) is 0 Å². The highest BCUT2D eigenvalue weighted by Gasteiger charge is 2.15. The standard InChI is InChI=1S/C23H17ClFN3O2/c1-30-20-11-9-19(10-12-20)28-22(26-23(29)16-3-2-4-18(25)13-16)14-21(27-28)15-5-7-17(24)8-6-15/h2-14H,1H3,(H,26,29). The van der Waals surface area contributed by atoms with Gasteiger partial charge in [0, 0.05) is 22.2 Å². The predicted molar refractivity (Wildman–Crippen MR) is 115 cm³/mol. The van der Waals surface area contributed by atoms with Crippen LogP contribution in [-0.4, -0.2) is 22.8 Å². The number of benzene rings is 3. The van der Waals surface area contributed by atoms with Gasteiger partial charge in [-0.15, -0.1) is 0 Å². The lowest BCUT2D eigenvalue weighted by molar-refractivity contribution is 0.102. The fraction of sp³-hybridized carbons (Fsp3) is 0.0435. The number of carbonyl (C=O) groups is 1. The molecule has 0 unspecified atom stereocenters. The van der Waals surface area contributed by atoms with Crippen LogP contribution in [0.2, 0.25) is 5.02 Å². The van der Waals surface area contributed by atoms with Gasteiger partial charge in [0.2, 0.25) is 0 Å². The Morgan fingerprint density at radius 1 is 1.03 bits per heavy atom. The van der Waals surface area contributed by atoms with E-state index in [1.165, 1.54) is 18.2 Å². The van der Waals surface area contributed by atoms with Crippen LogP contribution < -0.4 is 10.1 Å². The van der Waals surface area contributed by atoms with Crippen LogP contribution in [0.15, 0.2) is 78.9 Å². The minimum atomic E-state index is -0.479. The molecule has 30 heavy (non-hydrogen) atoms. The van der Waals surface area contributed by atoms with Gasteiger partial charge in [-0.05, 0) is 54.6 Å². The maximum absolute atomic E-state index is 13.5. The van der Waals surface area contributed by atoms with Crippen LogP contribution in [0.3, 0.4) is 0 Å². The van der Waals surface area contributed by atoms with E-state index in [4.69, 9.17) is 16.3 Å². The van der Waals surface area contributed by atoms with Gasteiger partial charge in [-0.25, -0.2) is 9.07 Å². The van der Waals surface area contributed by atoms with Gasteiger partial charge in [-0.1, -0.05) is 29.8 Å². The number of amides is 1. The Hall–Kier alpha value is -3.64. The summed E-state index contributed by atoms with van der Waals surface area (Å²) in [5.41, 5.74) is 2.43. The van der Waals surface area contributed by atoms with Crippen LogP contribution in [-0.2, 0) is 0 Å². The minimum absolute atomic E-state index is 0.213. The zero-order chi connectivity index (χ0) is 21.1. The number of hydrogen-bond donors (Lipinski definition) is 1. The molecule has 1 heterocycles. The number of hydrogen-bond acceptors (Lipinski definition) is 3. The number of ether oxygens (including phenoxy) is 1. The van der Waals surface area contributed by atoms with Gasteiger partial charge in [0.05, 0.1) is 18.5 Å². The van der Waals surface area contributed by atoms with Gasteiger partial charge in [-0.3, -0.25) is 4.79 Å². The molecule has 150 valence electrons. The summed E-state index contributed by atoms with van der Waals surface area (Å²) in [6.45, 7) is 0. The molecule has 0 atom stereocenters. The number of carbonyl (C=O) groups excluding carboxylic acids is 1. The summed E-state index contributed by atoms with van der Waals surface area (Å²) in [5.74, 6) is 0.230. The number of nitrogens with zero attached hydrogens (tertiary/aromatic N) is 2. The quantitative estimate of drug-likeness (QED) is 0.456.